The third-order valence-corrected chi connectivity index (χ3v) is 3.61. The Morgan fingerprint density at radius 2 is 2.04 bits per heavy atom. The van der Waals surface area contributed by atoms with Crippen LogP contribution in [0.2, 0.25) is 0 Å². The molecule has 1 fully saturated rings. The third-order valence-electron chi connectivity index (χ3n) is 3.61. The molecule has 138 valence electrons. The Labute approximate surface area is 149 Å². The summed E-state index contributed by atoms with van der Waals surface area (Å²) in [4.78, 5) is 15.9. The summed E-state index contributed by atoms with van der Waals surface area (Å²) >= 11 is 0. The van der Waals surface area contributed by atoms with Crippen LogP contribution >= 0.6 is 0 Å². The molecule has 1 aromatic rings. The number of carbonyl (C=O) groups excluding carboxylic acids is 1. The topological polar surface area (TPSA) is 98.0 Å². The second-order valence-electron chi connectivity index (χ2n) is 5.86. The maximum atomic E-state index is 11.6. The molecule has 1 aliphatic carbocycles. The summed E-state index contributed by atoms with van der Waals surface area (Å²) in [7, 11) is 0. The van der Waals surface area contributed by atoms with Gasteiger partial charge in [0.25, 0.3) is 0 Å². The number of nitrogens with zero attached hydrogens (tertiary/aromatic N) is 1. The highest BCUT2D eigenvalue weighted by Crippen LogP contribution is 2.29. The van der Waals surface area contributed by atoms with E-state index in [1.54, 1.807) is 0 Å². The van der Waals surface area contributed by atoms with Crippen LogP contribution in [-0.4, -0.2) is 37.7 Å². The molecule has 0 spiro atoms. The monoisotopic (exact) mass is 348 g/mol. The summed E-state index contributed by atoms with van der Waals surface area (Å²) in [6.45, 7) is 5.48. The van der Waals surface area contributed by atoms with E-state index in [-0.39, 0.29) is 11.9 Å². The van der Waals surface area contributed by atoms with Crippen LogP contribution in [0.3, 0.4) is 0 Å². The first kappa shape index (κ1) is 18.9. The lowest BCUT2D eigenvalue weighted by molar-refractivity contribution is -0.121. The third kappa shape index (κ3) is 6.91. The standard InChI is InChI=1S/C18H28N4O3/c1-3-24-14-9-10-16(25-4-2)15(12-14)22-18(19)20-11-5-6-17(23)21-13-7-8-13/h9-10,12-13H,3-8,11H2,1-2H3,(H,21,23)(H3,19,20,22). The number of nitrogens with two attached hydrogens (primary N) is 1. The van der Waals surface area contributed by atoms with E-state index in [0.29, 0.717) is 50.1 Å². The van der Waals surface area contributed by atoms with Gasteiger partial charge < -0.3 is 25.8 Å². The molecule has 0 unspecified atom stereocenters. The number of ether oxygens (including phenoxy) is 2. The van der Waals surface area contributed by atoms with Crippen LogP contribution in [0, 0.1) is 0 Å². The molecule has 7 heteroatoms. The van der Waals surface area contributed by atoms with E-state index in [1.165, 1.54) is 0 Å². The van der Waals surface area contributed by atoms with Gasteiger partial charge in [0.2, 0.25) is 5.91 Å². The van der Waals surface area contributed by atoms with Gasteiger partial charge in [-0.05, 0) is 45.2 Å². The number of hydrogen-bond donors (Lipinski definition) is 3. The number of rotatable bonds is 10. The number of amides is 1. The fraction of sp³-hybridized carbons (Fsp3) is 0.556. The first-order chi connectivity index (χ1) is 12.1. The average molecular weight is 348 g/mol. The van der Waals surface area contributed by atoms with Crippen molar-refractivity contribution in [1.29, 1.82) is 0 Å². The highest BCUT2D eigenvalue weighted by Gasteiger charge is 2.22. The van der Waals surface area contributed by atoms with Crippen LogP contribution in [0.15, 0.2) is 23.2 Å². The molecule has 0 saturated heterocycles. The molecule has 1 saturated carbocycles. The predicted molar refractivity (Wildman–Crippen MR) is 99.3 cm³/mol. The minimum atomic E-state index is 0.0901. The van der Waals surface area contributed by atoms with E-state index in [9.17, 15) is 4.79 Å². The lowest BCUT2D eigenvalue weighted by Crippen LogP contribution is -2.25. The van der Waals surface area contributed by atoms with Gasteiger partial charge in [0.1, 0.15) is 11.5 Å². The number of guanidine groups is 1. The van der Waals surface area contributed by atoms with E-state index in [1.807, 2.05) is 32.0 Å². The summed E-state index contributed by atoms with van der Waals surface area (Å²) < 4.78 is 11.1. The van der Waals surface area contributed by atoms with Crippen LogP contribution in [0.4, 0.5) is 5.69 Å². The van der Waals surface area contributed by atoms with Crippen LogP contribution in [-0.2, 0) is 4.79 Å². The fourth-order valence-corrected chi connectivity index (χ4v) is 2.29. The minimum absolute atomic E-state index is 0.0901. The van der Waals surface area contributed by atoms with Crippen molar-refractivity contribution in [2.75, 3.05) is 25.1 Å². The van der Waals surface area contributed by atoms with Gasteiger partial charge in [-0.25, -0.2) is 0 Å². The summed E-state index contributed by atoms with van der Waals surface area (Å²) in [5.74, 6) is 1.80. The van der Waals surface area contributed by atoms with Gasteiger partial charge in [-0.3, -0.25) is 9.79 Å². The van der Waals surface area contributed by atoms with Crippen molar-refractivity contribution in [3.8, 4) is 11.5 Å². The second kappa shape index (κ2) is 9.76. The summed E-state index contributed by atoms with van der Waals surface area (Å²) in [5.41, 5.74) is 6.65. The van der Waals surface area contributed by atoms with E-state index >= 15 is 0 Å². The van der Waals surface area contributed by atoms with E-state index in [4.69, 9.17) is 15.2 Å². The van der Waals surface area contributed by atoms with Crippen molar-refractivity contribution in [2.45, 2.75) is 45.6 Å². The van der Waals surface area contributed by atoms with Crippen molar-refractivity contribution in [3.63, 3.8) is 0 Å². The lowest BCUT2D eigenvalue weighted by Gasteiger charge is -2.14. The number of hydrogen-bond acceptors (Lipinski definition) is 4. The van der Waals surface area contributed by atoms with Crippen LogP contribution in [0.25, 0.3) is 0 Å². The molecule has 0 bridgehead atoms. The zero-order valence-electron chi connectivity index (χ0n) is 15.0. The summed E-state index contributed by atoms with van der Waals surface area (Å²) in [6, 6.07) is 5.93. The molecular formula is C18H28N4O3. The van der Waals surface area contributed by atoms with Gasteiger partial charge in [-0.2, -0.15) is 0 Å². The number of aliphatic imine (C=N–C) groups is 1. The largest absolute Gasteiger partial charge is 0.494 e. The zero-order valence-corrected chi connectivity index (χ0v) is 15.0. The Kier molecular flexibility index (Phi) is 7.37. The van der Waals surface area contributed by atoms with Gasteiger partial charge in [0, 0.05) is 25.1 Å². The number of nitrogens with one attached hydrogen (secondary N) is 2. The van der Waals surface area contributed by atoms with Gasteiger partial charge in [0.05, 0.1) is 18.9 Å². The van der Waals surface area contributed by atoms with E-state index in [2.05, 4.69) is 15.6 Å². The molecule has 0 radical (unpaired) electrons. The quantitative estimate of drug-likeness (QED) is 0.342. The maximum absolute atomic E-state index is 11.6. The molecule has 25 heavy (non-hydrogen) atoms. The highest BCUT2D eigenvalue weighted by molar-refractivity contribution is 5.94. The predicted octanol–water partition coefficient (Wildman–Crippen LogP) is 2.27. The highest BCUT2D eigenvalue weighted by atomic mass is 16.5. The minimum Gasteiger partial charge on any atom is -0.494 e. The maximum Gasteiger partial charge on any atom is 0.220 e. The first-order valence-corrected chi connectivity index (χ1v) is 8.88. The van der Waals surface area contributed by atoms with Crippen LogP contribution in [0.5, 0.6) is 11.5 Å². The SMILES string of the molecule is CCOc1ccc(OCC)c(NC(N)=NCCCC(=O)NC2CC2)c1. The number of benzene rings is 1. The lowest BCUT2D eigenvalue weighted by atomic mass is 10.2. The Morgan fingerprint density at radius 1 is 1.28 bits per heavy atom. The van der Waals surface area contributed by atoms with Crippen molar-refractivity contribution in [1.82, 2.24) is 5.32 Å². The molecule has 0 aliphatic heterocycles. The van der Waals surface area contributed by atoms with E-state index in [0.717, 1.165) is 18.6 Å². The van der Waals surface area contributed by atoms with Gasteiger partial charge in [-0.1, -0.05) is 0 Å². The Morgan fingerprint density at radius 3 is 2.72 bits per heavy atom. The van der Waals surface area contributed by atoms with Crippen molar-refractivity contribution in [2.24, 2.45) is 10.7 Å². The summed E-state index contributed by atoms with van der Waals surface area (Å²) in [6.07, 6.45) is 3.34. The second-order valence-corrected chi connectivity index (χ2v) is 5.86. The Hall–Kier alpha value is -2.44. The molecule has 1 aliphatic rings. The zero-order chi connectivity index (χ0) is 18.1. The van der Waals surface area contributed by atoms with Crippen LogP contribution in [0.1, 0.15) is 39.5 Å². The molecule has 1 aromatic carbocycles. The van der Waals surface area contributed by atoms with Crippen molar-refractivity contribution >= 4 is 17.6 Å². The molecule has 2 rings (SSSR count). The Bertz CT molecular complexity index is 600. The average Bonchev–Trinajstić information content (AvgIpc) is 3.38. The summed E-state index contributed by atoms with van der Waals surface area (Å²) in [5, 5.41) is 6.00. The molecule has 0 heterocycles. The van der Waals surface area contributed by atoms with Gasteiger partial charge in [-0.15, -0.1) is 0 Å². The molecular weight excluding hydrogens is 320 g/mol. The molecule has 4 N–H and O–H groups in total. The Balaban J connectivity index is 1.85. The van der Waals surface area contributed by atoms with Crippen LogP contribution < -0.4 is 25.8 Å². The van der Waals surface area contributed by atoms with Gasteiger partial charge >= 0.3 is 0 Å². The molecule has 1 amide bonds. The molecule has 7 nitrogen and oxygen atoms in total. The molecule has 0 aromatic heterocycles. The van der Waals surface area contributed by atoms with Crippen molar-refractivity contribution in [3.05, 3.63) is 18.2 Å². The molecule has 0 atom stereocenters. The fourth-order valence-electron chi connectivity index (χ4n) is 2.29. The number of anilines is 1. The smallest absolute Gasteiger partial charge is 0.220 e. The normalized spacial score (nSPS) is 14.1. The van der Waals surface area contributed by atoms with Crippen molar-refractivity contribution < 1.29 is 14.3 Å². The van der Waals surface area contributed by atoms with E-state index < -0.39 is 0 Å². The first-order valence-electron chi connectivity index (χ1n) is 8.88. The van der Waals surface area contributed by atoms with Gasteiger partial charge in [0.15, 0.2) is 5.96 Å². The number of carbonyl (C=O) groups is 1.